The van der Waals surface area contributed by atoms with Gasteiger partial charge in [-0.2, -0.15) is 5.26 Å². The first-order valence-corrected chi connectivity index (χ1v) is 10.3. The third-order valence-electron chi connectivity index (χ3n) is 5.12. The number of allylic oxidation sites excluding steroid dienone is 2. The average Bonchev–Trinajstić information content (AvgIpc) is 2.98. The van der Waals surface area contributed by atoms with E-state index >= 15 is 0 Å². The van der Waals surface area contributed by atoms with Gasteiger partial charge in [-0.3, -0.25) is 5.41 Å². The SMILES string of the molecule is N#CC1C(=N)N(c2ccc(F)cc2)C2=C(C1c1ccc(O)cc1)S(=O)(=O)CC2. The zero-order valence-corrected chi connectivity index (χ0v) is 15.4. The van der Waals surface area contributed by atoms with Gasteiger partial charge in [0.2, 0.25) is 0 Å². The monoisotopic (exact) mass is 397 g/mol. The van der Waals surface area contributed by atoms with Gasteiger partial charge in [0.05, 0.1) is 16.7 Å². The van der Waals surface area contributed by atoms with Crippen LogP contribution in [0.25, 0.3) is 0 Å². The summed E-state index contributed by atoms with van der Waals surface area (Å²) in [6, 6.07) is 13.5. The molecule has 6 nitrogen and oxygen atoms in total. The summed E-state index contributed by atoms with van der Waals surface area (Å²) in [4.78, 5) is 1.58. The average molecular weight is 397 g/mol. The number of phenolic OH excluding ortho intramolecular Hbond substituents is 1. The molecule has 2 atom stereocenters. The second-order valence-electron chi connectivity index (χ2n) is 6.75. The molecule has 2 heterocycles. The van der Waals surface area contributed by atoms with E-state index in [0.717, 1.165) is 0 Å². The minimum Gasteiger partial charge on any atom is -0.508 e. The fourth-order valence-electron chi connectivity index (χ4n) is 3.88. The summed E-state index contributed by atoms with van der Waals surface area (Å²) in [5.74, 6) is -2.43. The van der Waals surface area contributed by atoms with E-state index in [1.807, 2.05) is 0 Å². The molecule has 2 aliphatic heterocycles. The first-order chi connectivity index (χ1) is 13.3. The van der Waals surface area contributed by atoms with Crippen molar-refractivity contribution in [2.24, 2.45) is 5.92 Å². The minimum absolute atomic E-state index is 0.0274. The molecule has 2 aromatic rings. The van der Waals surface area contributed by atoms with E-state index in [9.17, 15) is 23.2 Å². The number of sulfone groups is 1. The number of amidine groups is 1. The second kappa shape index (κ2) is 6.46. The highest BCUT2D eigenvalue weighted by atomic mass is 32.2. The second-order valence-corrected chi connectivity index (χ2v) is 8.83. The maximum Gasteiger partial charge on any atom is 0.177 e. The Labute approximate surface area is 161 Å². The van der Waals surface area contributed by atoms with Crippen LogP contribution in [-0.2, 0) is 9.84 Å². The van der Waals surface area contributed by atoms with Crippen LogP contribution in [0.4, 0.5) is 10.1 Å². The van der Waals surface area contributed by atoms with E-state index < -0.39 is 27.5 Å². The molecule has 0 radical (unpaired) electrons. The number of nitrogens with one attached hydrogen (secondary N) is 1. The molecule has 4 rings (SSSR count). The fraction of sp³-hybridized carbons (Fsp3) is 0.200. The van der Waals surface area contributed by atoms with Gasteiger partial charge in [-0.05, 0) is 42.0 Å². The maximum absolute atomic E-state index is 13.3. The molecule has 0 saturated heterocycles. The van der Waals surface area contributed by atoms with Crippen LogP contribution in [0.3, 0.4) is 0 Å². The standard InChI is InChI=1S/C20H16FN3O3S/c21-13-3-5-14(6-4-13)24-17-9-10-28(26,27)19(17)18(16(11-22)20(24)23)12-1-7-15(25)8-2-12/h1-8,16,18,23,25H,9-10H2. The van der Waals surface area contributed by atoms with Crippen LogP contribution < -0.4 is 4.90 Å². The molecule has 0 aromatic heterocycles. The van der Waals surface area contributed by atoms with Crippen LogP contribution >= 0.6 is 0 Å². The third kappa shape index (κ3) is 2.75. The molecule has 0 saturated carbocycles. The Bertz CT molecular complexity index is 1130. The molecule has 28 heavy (non-hydrogen) atoms. The first kappa shape index (κ1) is 18.2. The molecular weight excluding hydrogens is 381 g/mol. The van der Waals surface area contributed by atoms with Crippen LogP contribution in [0.1, 0.15) is 17.9 Å². The molecule has 2 N–H and O–H groups in total. The Hall–Kier alpha value is -3.18. The van der Waals surface area contributed by atoms with Crippen molar-refractivity contribution >= 4 is 21.4 Å². The third-order valence-corrected chi connectivity index (χ3v) is 7.03. The van der Waals surface area contributed by atoms with Crippen molar-refractivity contribution in [3.63, 3.8) is 0 Å². The van der Waals surface area contributed by atoms with Gasteiger partial charge < -0.3 is 10.0 Å². The molecule has 0 bridgehead atoms. The summed E-state index contributed by atoms with van der Waals surface area (Å²) in [6.45, 7) is 0. The number of halogens is 1. The summed E-state index contributed by atoms with van der Waals surface area (Å²) in [7, 11) is -3.62. The Kier molecular flexibility index (Phi) is 4.20. The van der Waals surface area contributed by atoms with Gasteiger partial charge in [0.1, 0.15) is 23.3 Å². The van der Waals surface area contributed by atoms with Crippen molar-refractivity contribution in [2.75, 3.05) is 10.7 Å². The molecule has 2 aliphatic rings. The molecule has 0 fully saturated rings. The van der Waals surface area contributed by atoms with Crippen molar-refractivity contribution in [3.8, 4) is 11.8 Å². The predicted molar refractivity (Wildman–Crippen MR) is 102 cm³/mol. The quantitative estimate of drug-likeness (QED) is 0.809. The summed E-state index contributed by atoms with van der Waals surface area (Å²) in [5.41, 5.74) is 1.44. The zero-order valence-electron chi connectivity index (χ0n) is 14.6. The van der Waals surface area contributed by atoms with Gasteiger partial charge in [-0.1, -0.05) is 12.1 Å². The highest BCUT2D eigenvalue weighted by Gasteiger charge is 2.48. The number of hydrogen-bond acceptors (Lipinski definition) is 5. The molecule has 0 aliphatic carbocycles. The molecule has 0 amide bonds. The van der Waals surface area contributed by atoms with Crippen molar-refractivity contribution < 1.29 is 17.9 Å². The number of aromatic hydroxyl groups is 1. The van der Waals surface area contributed by atoms with E-state index in [1.54, 1.807) is 12.1 Å². The van der Waals surface area contributed by atoms with E-state index in [0.29, 0.717) is 16.9 Å². The number of benzene rings is 2. The van der Waals surface area contributed by atoms with Crippen LogP contribution in [0.5, 0.6) is 5.75 Å². The lowest BCUT2D eigenvalue weighted by atomic mass is 9.81. The van der Waals surface area contributed by atoms with Crippen molar-refractivity contribution in [3.05, 3.63) is 70.5 Å². The van der Waals surface area contributed by atoms with Crippen LogP contribution in [0.2, 0.25) is 0 Å². The number of hydrogen-bond donors (Lipinski definition) is 2. The van der Waals surface area contributed by atoms with Gasteiger partial charge >= 0.3 is 0 Å². The number of nitrogens with zero attached hydrogens (tertiary/aromatic N) is 2. The Balaban J connectivity index is 1.96. The topological polar surface area (TPSA) is 105 Å². The molecule has 2 unspecified atom stereocenters. The lowest BCUT2D eigenvalue weighted by Gasteiger charge is -2.38. The van der Waals surface area contributed by atoms with Crippen LogP contribution in [0.15, 0.2) is 59.1 Å². The maximum atomic E-state index is 13.3. The molecule has 8 heteroatoms. The van der Waals surface area contributed by atoms with Crippen molar-refractivity contribution in [1.82, 2.24) is 0 Å². The summed E-state index contributed by atoms with van der Waals surface area (Å²) >= 11 is 0. The smallest absolute Gasteiger partial charge is 0.177 e. The summed E-state index contributed by atoms with van der Waals surface area (Å²) < 4.78 is 39.1. The van der Waals surface area contributed by atoms with Crippen molar-refractivity contribution in [1.29, 1.82) is 10.7 Å². The van der Waals surface area contributed by atoms with Crippen molar-refractivity contribution in [2.45, 2.75) is 12.3 Å². The fourth-order valence-corrected chi connectivity index (χ4v) is 5.77. The lowest BCUT2D eigenvalue weighted by molar-refractivity contribution is 0.475. The van der Waals surface area contributed by atoms with Crippen LogP contribution in [-0.4, -0.2) is 25.1 Å². The zero-order chi connectivity index (χ0) is 20.1. The van der Waals surface area contributed by atoms with E-state index in [2.05, 4.69) is 6.07 Å². The number of phenols is 1. The molecule has 2 aromatic carbocycles. The van der Waals surface area contributed by atoms with Gasteiger partial charge in [0.25, 0.3) is 0 Å². The van der Waals surface area contributed by atoms with E-state index in [-0.39, 0.29) is 28.7 Å². The number of anilines is 1. The Morgan fingerprint density at radius 2 is 1.79 bits per heavy atom. The minimum atomic E-state index is -3.62. The number of nitriles is 1. The van der Waals surface area contributed by atoms with E-state index in [4.69, 9.17) is 5.41 Å². The summed E-state index contributed by atoms with van der Waals surface area (Å²) in [6.07, 6.45) is 0.212. The van der Waals surface area contributed by atoms with E-state index in [1.165, 1.54) is 41.3 Å². The summed E-state index contributed by atoms with van der Waals surface area (Å²) in [5, 5.41) is 28.0. The van der Waals surface area contributed by atoms with Gasteiger partial charge in [-0.25, -0.2) is 12.8 Å². The first-order valence-electron chi connectivity index (χ1n) is 8.62. The number of rotatable bonds is 2. The molecule has 142 valence electrons. The van der Waals surface area contributed by atoms with Crippen LogP contribution in [0, 0.1) is 28.5 Å². The van der Waals surface area contributed by atoms with Gasteiger partial charge in [0.15, 0.2) is 9.84 Å². The molecular formula is C20H16FN3O3S. The Morgan fingerprint density at radius 3 is 2.39 bits per heavy atom. The lowest BCUT2D eigenvalue weighted by Crippen LogP contribution is -2.42. The van der Waals surface area contributed by atoms with Gasteiger partial charge in [-0.15, -0.1) is 0 Å². The highest BCUT2D eigenvalue weighted by molar-refractivity contribution is 7.95. The van der Waals surface area contributed by atoms with Gasteiger partial charge in [0, 0.05) is 23.7 Å². The molecule has 0 spiro atoms. The predicted octanol–water partition coefficient (Wildman–Crippen LogP) is 3.28. The largest absolute Gasteiger partial charge is 0.508 e. The Morgan fingerprint density at radius 1 is 1.14 bits per heavy atom. The normalized spacial score (nSPS) is 23.4. The highest BCUT2D eigenvalue weighted by Crippen LogP contribution is 2.48.